The lowest BCUT2D eigenvalue weighted by Crippen LogP contribution is -2.20. The largest absolute Gasteiger partial charge is 0.497 e. The van der Waals surface area contributed by atoms with Crippen molar-refractivity contribution in [2.45, 2.75) is 6.04 Å². The van der Waals surface area contributed by atoms with Crippen LogP contribution < -0.4 is 14.8 Å². The van der Waals surface area contributed by atoms with Gasteiger partial charge in [-0.15, -0.1) is 0 Å². The van der Waals surface area contributed by atoms with E-state index in [2.05, 4.69) is 68.3 Å². The number of allylic oxidation sites excluding steroid dienone is 1. The van der Waals surface area contributed by atoms with Crippen LogP contribution in [0.25, 0.3) is 5.70 Å². The van der Waals surface area contributed by atoms with E-state index in [0.717, 1.165) is 28.3 Å². The van der Waals surface area contributed by atoms with Gasteiger partial charge in [-0.2, -0.15) is 10.1 Å². The number of nitrogens with zero attached hydrogens (tertiary/aromatic N) is 3. The molecule has 26 heavy (non-hydrogen) atoms. The molecule has 0 saturated heterocycles. The fourth-order valence-electron chi connectivity index (χ4n) is 3.02. The van der Waals surface area contributed by atoms with Gasteiger partial charge >= 0.3 is 0 Å². The molecule has 4 rings (SSSR count). The predicted octanol–water partition coefficient (Wildman–Crippen LogP) is 3.96. The van der Waals surface area contributed by atoms with Crippen molar-refractivity contribution < 1.29 is 9.47 Å². The van der Waals surface area contributed by atoms with Crippen LogP contribution in [-0.4, -0.2) is 29.0 Å². The smallest absolute Gasteiger partial charge is 0.226 e. The minimum absolute atomic E-state index is 0.135. The molecule has 0 unspecified atom stereocenters. The summed E-state index contributed by atoms with van der Waals surface area (Å²) < 4.78 is 14.0. The number of benzene rings is 2. The van der Waals surface area contributed by atoms with Gasteiger partial charge < -0.3 is 14.8 Å². The van der Waals surface area contributed by atoms with Gasteiger partial charge in [0.15, 0.2) is 0 Å². The molecule has 1 aliphatic heterocycles. The summed E-state index contributed by atoms with van der Waals surface area (Å²) in [5.74, 6) is 2.19. The molecule has 0 fully saturated rings. The van der Waals surface area contributed by atoms with Gasteiger partial charge in [0, 0.05) is 20.9 Å². The van der Waals surface area contributed by atoms with Gasteiger partial charge in [0.1, 0.15) is 23.9 Å². The van der Waals surface area contributed by atoms with Gasteiger partial charge in [-0.05, 0) is 58.5 Å². The second kappa shape index (κ2) is 6.99. The first-order valence-corrected chi connectivity index (χ1v) is 9.13. The summed E-state index contributed by atoms with van der Waals surface area (Å²) in [7, 11) is 3.30. The molecule has 1 atom stereocenters. The summed E-state index contributed by atoms with van der Waals surface area (Å²) in [4.78, 5) is 4.35. The van der Waals surface area contributed by atoms with E-state index < -0.39 is 0 Å². The second-order valence-corrected chi connectivity index (χ2v) is 7.04. The van der Waals surface area contributed by atoms with E-state index in [1.165, 1.54) is 3.57 Å². The Morgan fingerprint density at radius 3 is 2.62 bits per heavy atom. The van der Waals surface area contributed by atoms with E-state index in [9.17, 15) is 0 Å². The summed E-state index contributed by atoms with van der Waals surface area (Å²) in [6.07, 6.45) is 3.68. The highest BCUT2D eigenvalue weighted by molar-refractivity contribution is 14.1. The molecule has 1 aliphatic rings. The van der Waals surface area contributed by atoms with Gasteiger partial charge in [0.25, 0.3) is 0 Å². The number of nitrogens with one attached hydrogen (secondary N) is 1. The van der Waals surface area contributed by atoms with Gasteiger partial charge in [-0.25, -0.2) is 4.68 Å². The van der Waals surface area contributed by atoms with Crippen molar-refractivity contribution >= 4 is 34.2 Å². The Bertz CT molecular complexity index is 966. The van der Waals surface area contributed by atoms with Crippen LogP contribution in [0.5, 0.6) is 11.5 Å². The third-order valence-electron chi connectivity index (χ3n) is 4.32. The summed E-state index contributed by atoms with van der Waals surface area (Å²) in [5.41, 5.74) is 3.08. The van der Waals surface area contributed by atoms with Gasteiger partial charge in [0.05, 0.1) is 14.2 Å². The quantitative estimate of drug-likeness (QED) is 0.598. The Hall–Kier alpha value is -2.55. The molecular formula is C19H17IN4O2. The molecule has 2 heterocycles. The number of methoxy groups -OCH3 is 2. The van der Waals surface area contributed by atoms with Crippen molar-refractivity contribution in [2.24, 2.45) is 0 Å². The fraction of sp³-hybridized carbons (Fsp3) is 0.158. The Morgan fingerprint density at radius 2 is 1.88 bits per heavy atom. The van der Waals surface area contributed by atoms with Crippen molar-refractivity contribution in [3.8, 4) is 11.5 Å². The van der Waals surface area contributed by atoms with E-state index >= 15 is 0 Å². The summed E-state index contributed by atoms with van der Waals surface area (Å²) >= 11 is 2.30. The number of hydrogen-bond acceptors (Lipinski definition) is 5. The summed E-state index contributed by atoms with van der Waals surface area (Å²) in [6, 6.07) is 14.0. The van der Waals surface area contributed by atoms with Crippen LogP contribution in [0.1, 0.15) is 17.2 Å². The van der Waals surface area contributed by atoms with E-state index in [1.54, 1.807) is 20.5 Å². The Morgan fingerprint density at radius 1 is 1.08 bits per heavy atom. The Labute approximate surface area is 165 Å². The number of ether oxygens (including phenoxy) is 2. The van der Waals surface area contributed by atoms with Gasteiger partial charge in [-0.1, -0.05) is 12.1 Å². The van der Waals surface area contributed by atoms with Crippen LogP contribution >= 0.6 is 22.6 Å². The van der Waals surface area contributed by atoms with Crippen molar-refractivity contribution in [3.05, 3.63) is 69.6 Å². The van der Waals surface area contributed by atoms with Crippen LogP contribution in [0, 0.1) is 3.57 Å². The zero-order chi connectivity index (χ0) is 18.1. The zero-order valence-corrected chi connectivity index (χ0v) is 16.5. The summed E-state index contributed by atoms with van der Waals surface area (Å²) in [5, 5.41) is 7.74. The standard InChI is InChI=1S/C19H17IN4O2/c1-25-14-7-8-15(18(9-14)26-2)17-10-16(12-3-5-13(20)6-4-12)23-19-21-11-22-24(17)19/h3-11,17H,1-2H3,(H,21,22,23)/t17-/m1/s1. The number of aromatic nitrogens is 3. The average Bonchev–Trinajstić information content (AvgIpc) is 3.16. The molecule has 1 aromatic heterocycles. The van der Waals surface area contributed by atoms with Crippen molar-refractivity contribution in [3.63, 3.8) is 0 Å². The zero-order valence-electron chi connectivity index (χ0n) is 14.3. The molecule has 0 bridgehead atoms. The molecule has 0 radical (unpaired) electrons. The molecule has 1 N–H and O–H groups in total. The van der Waals surface area contributed by atoms with E-state index in [0.29, 0.717) is 5.95 Å². The Kier molecular flexibility index (Phi) is 4.54. The number of anilines is 1. The third-order valence-corrected chi connectivity index (χ3v) is 5.04. The van der Waals surface area contributed by atoms with Crippen LogP contribution in [0.3, 0.4) is 0 Å². The van der Waals surface area contributed by atoms with E-state index in [4.69, 9.17) is 9.47 Å². The molecule has 0 amide bonds. The second-order valence-electron chi connectivity index (χ2n) is 5.79. The van der Waals surface area contributed by atoms with Crippen LogP contribution in [0.15, 0.2) is 54.9 Å². The molecule has 132 valence electrons. The first-order valence-electron chi connectivity index (χ1n) is 8.06. The molecule has 0 aliphatic carbocycles. The lowest BCUT2D eigenvalue weighted by Gasteiger charge is -2.25. The van der Waals surface area contributed by atoms with Gasteiger partial charge in [-0.3, -0.25) is 0 Å². The normalized spacial score (nSPS) is 15.7. The number of rotatable bonds is 4. The minimum Gasteiger partial charge on any atom is -0.497 e. The van der Waals surface area contributed by atoms with Crippen molar-refractivity contribution in [1.82, 2.24) is 14.8 Å². The lowest BCUT2D eigenvalue weighted by molar-refractivity contribution is 0.387. The fourth-order valence-corrected chi connectivity index (χ4v) is 3.38. The highest BCUT2D eigenvalue weighted by Gasteiger charge is 2.26. The third kappa shape index (κ3) is 3.03. The van der Waals surface area contributed by atoms with Crippen LogP contribution in [-0.2, 0) is 0 Å². The maximum atomic E-state index is 5.60. The summed E-state index contributed by atoms with van der Waals surface area (Å²) in [6.45, 7) is 0. The maximum Gasteiger partial charge on any atom is 0.226 e. The molecule has 6 nitrogen and oxygen atoms in total. The van der Waals surface area contributed by atoms with E-state index in [1.807, 2.05) is 22.9 Å². The van der Waals surface area contributed by atoms with Crippen molar-refractivity contribution in [1.29, 1.82) is 0 Å². The first-order chi connectivity index (χ1) is 12.7. The number of fused-ring (bicyclic) bond motifs is 1. The van der Waals surface area contributed by atoms with Crippen LogP contribution in [0.2, 0.25) is 0 Å². The topological polar surface area (TPSA) is 61.2 Å². The minimum atomic E-state index is -0.135. The maximum absolute atomic E-state index is 5.60. The molecule has 2 aromatic carbocycles. The van der Waals surface area contributed by atoms with Crippen molar-refractivity contribution in [2.75, 3.05) is 19.5 Å². The highest BCUT2D eigenvalue weighted by Crippen LogP contribution is 2.37. The number of halogens is 1. The molecule has 3 aromatic rings. The Balaban J connectivity index is 1.82. The molecule has 0 spiro atoms. The first kappa shape index (κ1) is 16.9. The predicted molar refractivity (Wildman–Crippen MR) is 108 cm³/mol. The average molecular weight is 460 g/mol. The number of hydrogen-bond donors (Lipinski definition) is 1. The monoisotopic (exact) mass is 460 g/mol. The molecule has 0 saturated carbocycles. The highest BCUT2D eigenvalue weighted by atomic mass is 127. The molecular weight excluding hydrogens is 443 g/mol. The van der Waals surface area contributed by atoms with Crippen LogP contribution in [0.4, 0.5) is 5.95 Å². The van der Waals surface area contributed by atoms with E-state index in [-0.39, 0.29) is 6.04 Å². The molecule has 7 heteroatoms. The SMILES string of the molecule is COc1ccc([C@H]2C=C(c3ccc(I)cc3)Nc3ncnn32)c(OC)c1. The van der Waals surface area contributed by atoms with Gasteiger partial charge in [0.2, 0.25) is 5.95 Å². The lowest BCUT2D eigenvalue weighted by atomic mass is 10.0.